The van der Waals surface area contributed by atoms with Gasteiger partial charge in [0, 0.05) is 12.3 Å². The van der Waals surface area contributed by atoms with Gasteiger partial charge in [0.05, 0.1) is 0 Å². The summed E-state index contributed by atoms with van der Waals surface area (Å²) in [6.45, 7) is 3.59. The van der Waals surface area contributed by atoms with E-state index in [0.29, 0.717) is 6.92 Å². The molecule has 1 heterocycles. The number of halogens is 7. The zero-order valence-electron chi connectivity index (χ0n) is 14.8. The van der Waals surface area contributed by atoms with Crippen LogP contribution in [-0.2, 0) is 23.8 Å². The average Bonchev–Trinajstić information content (AvgIpc) is 2.84. The van der Waals surface area contributed by atoms with Crippen molar-refractivity contribution in [1.82, 2.24) is 0 Å². The third kappa shape index (κ3) is 4.82. The molecule has 1 aliphatic rings. The summed E-state index contributed by atoms with van der Waals surface area (Å²) < 4.78 is 105. The van der Waals surface area contributed by atoms with Gasteiger partial charge in [0.25, 0.3) is 5.60 Å². The number of esters is 2. The van der Waals surface area contributed by atoms with Gasteiger partial charge in [-0.15, -0.1) is 0 Å². The van der Waals surface area contributed by atoms with Crippen LogP contribution in [0.1, 0.15) is 40.5 Å². The van der Waals surface area contributed by atoms with Crippen molar-refractivity contribution >= 4 is 11.9 Å². The van der Waals surface area contributed by atoms with E-state index in [1.807, 2.05) is 0 Å². The maximum atomic E-state index is 13.9. The van der Waals surface area contributed by atoms with Gasteiger partial charge in [0.2, 0.25) is 12.0 Å². The lowest BCUT2D eigenvalue weighted by Gasteiger charge is -2.30. The minimum atomic E-state index is -5.46. The lowest BCUT2D eigenvalue weighted by molar-refractivity contribution is -0.299. The van der Waals surface area contributed by atoms with Crippen molar-refractivity contribution in [3.63, 3.8) is 0 Å². The quantitative estimate of drug-likeness (QED) is 0.507. The Labute approximate surface area is 150 Å². The molecule has 1 aliphatic heterocycles. The van der Waals surface area contributed by atoms with E-state index in [9.17, 15) is 40.3 Å². The Kier molecular flexibility index (Phi) is 6.46. The molecule has 0 aromatic carbocycles. The average molecular weight is 412 g/mol. The van der Waals surface area contributed by atoms with Crippen LogP contribution in [0.15, 0.2) is 0 Å². The predicted molar refractivity (Wildman–Crippen MR) is 74.9 cm³/mol. The van der Waals surface area contributed by atoms with Gasteiger partial charge in [-0.1, -0.05) is 13.8 Å². The molecule has 1 fully saturated rings. The molecule has 5 nitrogen and oxygen atoms in total. The molecular weight excluding hydrogens is 393 g/mol. The highest BCUT2D eigenvalue weighted by molar-refractivity contribution is 5.82. The predicted octanol–water partition coefficient (Wildman–Crippen LogP) is 3.85. The molecule has 0 aromatic rings. The minimum Gasteiger partial charge on any atom is -0.451 e. The Hall–Kier alpha value is -1.59. The van der Waals surface area contributed by atoms with Crippen LogP contribution in [0.2, 0.25) is 0 Å². The monoisotopic (exact) mass is 412 g/mol. The van der Waals surface area contributed by atoms with E-state index < -0.39 is 60.3 Å². The van der Waals surface area contributed by atoms with Crippen LogP contribution in [0.4, 0.5) is 30.7 Å². The van der Waals surface area contributed by atoms with E-state index in [0.717, 1.165) is 13.8 Å². The first kappa shape index (κ1) is 23.4. The Balaban J connectivity index is 3.09. The topological polar surface area (TPSA) is 61.8 Å². The maximum absolute atomic E-state index is 13.9. The molecule has 0 saturated carbocycles. The fourth-order valence-corrected chi connectivity index (χ4v) is 2.18. The first-order valence-electron chi connectivity index (χ1n) is 7.90. The molecule has 0 aliphatic carbocycles. The summed E-state index contributed by atoms with van der Waals surface area (Å²) in [5.41, 5.74) is -6.28. The molecule has 0 amide bonds. The number of ether oxygens (including phenoxy) is 3. The number of hydrogen-bond acceptors (Lipinski definition) is 5. The first-order chi connectivity index (χ1) is 12.0. The summed E-state index contributed by atoms with van der Waals surface area (Å²) in [6, 6.07) is 0. The molecule has 12 heteroatoms. The van der Waals surface area contributed by atoms with Crippen molar-refractivity contribution in [1.29, 1.82) is 0 Å². The van der Waals surface area contributed by atoms with Crippen LogP contribution >= 0.6 is 0 Å². The highest BCUT2D eigenvalue weighted by Gasteiger charge is 2.69. The Bertz CT molecular complexity index is 572. The molecule has 0 radical (unpaired) electrons. The standard InChI is InChI=1S/C15H19F7O5/c1-5-12(4,16)10(23)26-9-7(2)6-13(27-9,15(20,21)22)11(24)25-8(3)14(17,18)19/h7-9H,5-6H2,1-4H3. The van der Waals surface area contributed by atoms with Gasteiger partial charge in [-0.25, -0.2) is 14.0 Å². The van der Waals surface area contributed by atoms with Crippen molar-refractivity contribution in [2.75, 3.05) is 0 Å². The zero-order valence-corrected chi connectivity index (χ0v) is 14.8. The van der Waals surface area contributed by atoms with E-state index in [1.165, 1.54) is 6.92 Å². The second kappa shape index (κ2) is 7.44. The van der Waals surface area contributed by atoms with Crippen molar-refractivity contribution in [2.24, 2.45) is 5.92 Å². The molecule has 1 saturated heterocycles. The zero-order chi connectivity index (χ0) is 21.4. The van der Waals surface area contributed by atoms with E-state index >= 15 is 0 Å². The van der Waals surface area contributed by atoms with Gasteiger partial charge >= 0.3 is 24.3 Å². The van der Waals surface area contributed by atoms with E-state index in [1.54, 1.807) is 0 Å². The Morgan fingerprint density at radius 3 is 2.11 bits per heavy atom. The van der Waals surface area contributed by atoms with Gasteiger partial charge in [0.1, 0.15) is 0 Å². The second-order valence-electron chi connectivity index (χ2n) is 6.54. The first-order valence-corrected chi connectivity index (χ1v) is 7.90. The molecule has 5 unspecified atom stereocenters. The highest BCUT2D eigenvalue weighted by Crippen LogP contribution is 2.47. The molecule has 5 atom stereocenters. The normalized spacial score (nSPS) is 29.7. The number of carbonyl (C=O) groups is 2. The lowest BCUT2D eigenvalue weighted by atomic mass is 9.94. The summed E-state index contributed by atoms with van der Waals surface area (Å²) in [7, 11) is 0. The van der Waals surface area contributed by atoms with Gasteiger partial charge < -0.3 is 14.2 Å². The highest BCUT2D eigenvalue weighted by atomic mass is 19.4. The molecule has 0 bridgehead atoms. The second-order valence-corrected chi connectivity index (χ2v) is 6.54. The van der Waals surface area contributed by atoms with Crippen molar-refractivity contribution in [3.8, 4) is 0 Å². The molecular formula is C15H19F7O5. The van der Waals surface area contributed by atoms with Crippen LogP contribution in [0, 0.1) is 5.92 Å². The van der Waals surface area contributed by atoms with Crippen LogP contribution < -0.4 is 0 Å². The van der Waals surface area contributed by atoms with Crippen molar-refractivity contribution in [3.05, 3.63) is 0 Å². The summed E-state index contributed by atoms with van der Waals surface area (Å²) in [6.07, 6.45) is -16.9. The third-order valence-corrected chi connectivity index (χ3v) is 4.24. The summed E-state index contributed by atoms with van der Waals surface area (Å²) in [5, 5.41) is 0. The molecule has 0 N–H and O–H groups in total. The smallest absolute Gasteiger partial charge is 0.428 e. The SMILES string of the molecule is CCC(C)(F)C(=O)OC1OC(C(=O)OC(C)C(F)(F)F)(C(F)(F)F)CC1C. The number of alkyl halides is 7. The number of rotatable bonds is 5. The maximum Gasteiger partial charge on any atom is 0.428 e. The fourth-order valence-electron chi connectivity index (χ4n) is 2.18. The van der Waals surface area contributed by atoms with Crippen LogP contribution in [0.3, 0.4) is 0 Å². The molecule has 0 spiro atoms. The van der Waals surface area contributed by atoms with Crippen LogP contribution in [0.25, 0.3) is 0 Å². The Morgan fingerprint density at radius 1 is 1.19 bits per heavy atom. The van der Waals surface area contributed by atoms with Gasteiger partial charge in [-0.05, 0) is 20.3 Å². The summed E-state index contributed by atoms with van der Waals surface area (Å²) in [5.74, 6) is -5.10. The molecule has 158 valence electrons. The third-order valence-electron chi connectivity index (χ3n) is 4.24. The largest absolute Gasteiger partial charge is 0.451 e. The van der Waals surface area contributed by atoms with Crippen molar-refractivity contribution in [2.45, 2.75) is 76.6 Å². The number of hydrogen-bond donors (Lipinski definition) is 0. The number of carbonyl (C=O) groups excluding carboxylic acids is 2. The van der Waals surface area contributed by atoms with E-state index in [2.05, 4.69) is 14.2 Å². The Morgan fingerprint density at radius 2 is 1.70 bits per heavy atom. The lowest BCUT2D eigenvalue weighted by Crippen LogP contribution is -2.54. The van der Waals surface area contributed by atoms with Crippen LogP contribution in [0.5, 0.6) is 0 Å². The van der Waals surface area contributed by atoms with Crippen LogP contribution in [-0.4, -0.2) is 48.0 Å². The minimum absolute atomic E-state index is 0.345. The summed E-state index contributed by atoms with van der Waals surface area (Å²) in [4.78, 5) is 23.6. The summed E-state index contributed by atoms with van der Waals surface area (Å²) >= 11 is 0. The van der Waals surface area contributed by atoms with E-state index in [-0.39, 0.29) is 6.42 Å². The van der Waals surface area contributed by atoms with Gasteiger partial charge in [-0.2, -0.15) is 26.3 Å². The fraction of sp³-hybridized carbons (Fsp3) is 0.867. The van der Waals surface area contributed by atoms with Gasteiger partial charge in [0.15, 0.2) is 6.10 Å². The molecule has 1 rings (SSSR count). The van der Waals surface area contributed by atoms with Gasteiger partial charge in [-0.3, -0.25) is 0 Å². The molecule has 27 heavy (non-hydrogen) atoms. The van der Waals surface area contributed by atoms with Crippen molar-refractivity contribution < 1.29 is 54.5 Å². The van der Waals surface area contributed by atoms with E-state index in [4.69, 9.17) is 0 Å². The molecule has 0 aromatic heterocycles.